The van der Waals surface area contributed by atoms with E-state index in [2.05, 4.69) is 15.5 Å². The second kappa shape index (κ2) is 6.64. The molecule has 0 aromatic carbocycles. The van der Waals surface area contributed by atoms with E-state index in [1.54, 1.807) is 6.92 Å². The molecule has 0 radical (unpaired) electrons. The molecule has 21 heavy (non-hydrogen) atoms. The van der Waals surface area contributed by atoms with Crippen LogP contribution in [-0.2, 0) is 4.79 Å². The van der Waals surface area contributed by atoms with Gasteiger partial charge < -0.3 is 20.6 Å². The molecule has 1 aliphatic heterocycles. The normalized spacial score (nSPS) is 23.9. The van der Waals surface area contributed by atoms with Crippen molar-refractivity contribution in [1.29, 1.82) is 0 Å². The number of carboxylic acid groups (broad SMARTS) is 1. The van der Waals surface area contributed by atoms with Crippen molar-refractivity contribution in [2.75, 3.05) is 19.6 Å². The topological polar surface area (TPSA) is 81.7 Å². The summed E-state index contributed by atoms with van der Waals surface area (Å²) in [5.41, 5.74) is -1.14. The summed E-state index contributed by atoms with van der Waals surface area (Å²) in [6.45, 7) is 6.55. The standard InChI is InChI=1S/C15H27N3O3/c1-11(10-18-8-4-3-5-9-18)16-14(21)17-15(2,13(19)20)12-6-7-12/h11-12H,3-10H2,1-2H3,(H,19,20)(H2,16,17,21). The molecule has 2 rings (SSSR count). The summed E-state index contributed by atoms with van der Waals surface area (Å²) in [5, 5.41) is 14.9. The maximum atomic E-state index is 12.0. The number of carbonyl (C=O) groups is 2. The van der Waals surface area contributed by atoms with Gasteiger partial charge in [-0.2, -0.15) is 0 Å². The Labute approximate surface area is 126 Å². The van der Waals surface area contributed by atoms with Crippen LogP contribution in [0.25, 0.3) is 0 Å². The van der Waals surface area contributed by atoms with E-state index in [9.17, 15) is 14.7 Å². The molecule has 1 aliphatic carbocycles. The van der Waals surface area contributed by atoms with Crippen LogP contribution in [-0.4, -0.2) is 53.2 Å². The van der Waals surface area contributed by atoms with Crippen molar-refractivity contribution in [3.63, 3.8) is 0 Å². The first kappa shape index (κ1) is 16.1. The summed E-state index contributed by atoms with van der Waals surface area (Å²) in [6.07, 6.45) is 5.46. The highest BCUT2D eigenvalue weighted by atomic mass is 16.4. The summed E-state index contributed by atoms with van der Waals surface area (Å²) in [4.78, 5) is 25.8. The summed E-state index contributed by atoms with van der Waals surface area (Å²) in [6, 6.07) is -0.364. The Morgan fingerprint density at radius 2 is 1.90 bits per heavy atom. The Morgan fingerprint density at radius 3 is 2.43 bits per heavy atom. The maximum absolute atomic E-state index is 12.0. The molecule has 0 spiro atoms. The number of amides is 2. The van der Waals surface area contributed by atoms with E-state index < -0.39 is 11.5 Å². The summed E-state index contributed by atoms with van der Waals surface area (Å²) >= 11 is 0. The van der Waals surface area contributed by atoms with E-state index in [-0.39, 0.29) is 18.0 Å². The highest BCUT2D eigenvalue weighted by molar-refractivity contribution is 5.86. The summed E-state index contributed by atoms with van der Waals surface area (Å²) < 4.78 is 0. The fraction of sp³-hybridized carbons (Fsp3) is 0.867. The number of likely N-dealkylation sites (tertiary alicyclic amines) is 1. The zero-order valence-electron chi connectivity index (χ0n) is 13.0. The van der Waals surface area contributed by atoms with Gasteiger partial charge in [-0.25, -0.2) is 9.59 Å². The molecule has 2 fully saturated rings. The molecule has 1 saturated heterocycles. The fourth-order valence-electron chi connectivity index (χ4n) is 3.06. The maximum Gasteiger partial charge on any atom is 0.329 e. The zero-order valence-corrected chi connectivity index (χ0v) is 13.0. The lowest BCUT2D eigenvalue weighted by Gasteiger charge is -2.31. The van der Waals surface area contributed by atoms with Gasteiger partial charge in [0.25, 0.3) is 0 Å². The van der Waals surface area contributed by atoms with Crippen molar-refractivity contribution in [2.45, 2.75) is 57.5 Å². The van der Waals surface area contributed by atoms with Crippen LogP contribution in [0.5, 0.6) is 0 Å². The third kappa shape index (κ3) is 4.33. The van der Waals surface area contributed by atoms with Crippen molar-refractivity contribution >= 4 is 12.0 Å². The van der Waals surface area contributed by atoms with Crippen LogP contribution in [0.4, 0.5) is 4.79 Å². The van der Waals surface area contributed by atoms with Crippen LogP contribution < -0.4 is 10.6 Å². The molecule has 2 atom stereocenters. The molecule has 3 N–H and O–H groups in total. The number of urea groups is 1. The first-order valence-corrected chi connectivity index (χ1v) is 7.96. The van der Waals surface area contributed by atoms with Crippen LogP contribution in [0.2, 0.25) is 0 Å². The van der Waals surface area contributed by atoms with Gasteiger partial charge in [-0.15, -0.1) is 0 Å². The van der Waals surface area contributed by atoms with E-state index in [0.717, 1.165) is 32.5 Å². The van der Waals surface area contributed by atoms with Gasteiger partial charge in [0.1, 0.15) is 5.54 Å². The van der Waals surface area contributed by atoms with Gasteiger partial charge in [0.15, 0.2) is 0 Å². The van der Waals surface area contributed by atoms with Gasteiger partial charge in [-0.05, 0) is 58.5 Å². The Morgan fingerprint density at radius 1 is 1.29 bits per heavy atom. The first-order chi connectivity index (χ1) is 9.91. The number of nitrogens with one attached hydrogen (secondary N) is 2. The number of carbonyl (C=O) groups excluding carboxylic acids is 1. The molecule has 6 heteroatoms. The van der Waals surface area contributed by atoms with Gasteiger partial charge >= 0.3 is 12.0 Å². The van der Waals surface area contributed by atoms with Crippen molar-refractivity contribution in [3.8, 4) is 0 Å². The van der Waals surface area contributed by atoms with Gasteiger partial charge in [0, 0.05) is 12.6 Å². The smallest absolute Gasteiger partial charge is 0.329 e. The molecule has 120 valence electrons. The number of rotatable bonds is 6. The van der Waals surface area contributed by atoms with Gasteiger partial charge in [-0.1, -0.05) is 6.42 Å². The molecule has 6 nitrogen and oxygen atoms in total. The lowest BCUT2D eigenvalue weighted by molar-refractivity contribution is -0.144. The number of nitrogens with zero attached hydrogens (tertiary/aromatic N) is 1. The van der Waals surface area contributed by atoms with E-state index >= 15 is 0 Å². The highest BCUT2D eigenvalue weighted by Crippen LogP contribution is 2.39. The fourth-order valence-corrected chi connectivity index (χ4v) is 3.06. The van der Waals surface area contributed by atoms with Crippen LogP contribution in [0.3, 0.4) is 0 Å². The minimum absolute atomic E-state index is 0.0142. The Balaban J connectivity index is 1.78. The van der Waals surface area contributed by atoms with Crippen LogP contribution >= 0.6 is 0 Å². The van der Waals surface area contributed by atoms with Gasteiger partial charge in [0.05, 0.1) is 0 Å². The molecule has 2 amide bonds. The van der Waals surface area contributed by atoms with Crippen molar-refractivity contribution < 1.29 is 14.7 Å². The summed E-state index contributed by atoms with van der Waals surface area (Å²) in [5.74, 6) is -0.901. The molecule has 0 aromatic heterocycles. The van der Waals surface area contributed by atoms with E-state index in [1.165, 1.54) is 19.3 Å². The lowest BCUT2D eigenvalue weighted by atomic mass is 9.96. The van der Waals surface area contributed by atoms with Crippen molar-refractivity contribution in [3.05, 3.63) is 0 Å². The predicted octanol–water partition coefficient (Wildman–Crippen LogP) is 1.41. The molecule has 2 aliphatic rings. The number of piperidine rings is 1. The predicted molar refractivity (Wildman–Crippen MR) is 80.2 cm³/mol. The molecule has 0 bridgehead atoms. The Kier molecular flexibility index (Phi) is 5.08. The second-order valence-corrected chi connectivity index (χ2v) is 6.64. The summed E-state index contributed by atoms with van der Waals surface area (Å²) in [7, 11) is 0. The monoisotopic (exact) mass is 297 g/mol. The van der Waals surface area contributed by atoms with Crippen LogP contribution in [0, 0.1) is 5.92 Å². The third-order valence-electron chi connectivity index (χ3n) is 4.57. The van der Waals surface area contributed by atoms with E-state index in [4.69, 9.17) is 0 Å². The molecule has 0 aromatic rings. The number of hydrogen-bond donors (Lipinski definition) is 3. The van der Waals surface area contributed by atoms with Gasteiger partial charge in [-0.3, -0.25) is 0 Å². The van der Waals surface area contributed by atoms with Crippen molar-refractivity contribution in [2.24, 2.45) is 5.92 Å². The van der Waals surface area contributed by atoms with Gasteiger partial charge in [0.2, 0.25) is 0 Å². The quantitative estimate of drug-likeness (QED) is 0.692. The molecule has 2 unspecified atom stereocenters. The van der Waals surface area contributed by atoms with E-state index in [0.29, 0.717) is 0 Å². The number of aliphatic carboxylic acids is 1. The number of carboxylic acids is 1. The molecular formula is C15H27N3O3. The average Bonchev–Trinajstić information content (AvgIpc) is 3.23. The number of hydrogen-bond acceptors (Lipinski definition) is 3. The minimum atomic E-state index is -1.14. The SMILES string of the molecule is CC(CN1CCCCC1)NC(=O)NC(C)(C(=O)O)C1CC1. The Hall–Kier alpha value is -1.30. The molecule has 1 saturated carbocycles. The lowest BCUT2D eigenvalue weighted by Crippen LogP contribution is -2.58. The molecular weight excluding hydrogens is 270 g/mol. The van der Waals surface area contributed by atoms with Crippen LogP contribution in [0.1, 0.15) is 46.0 Å². The van der Waals surface area contributed by atoms with Crippen molar-refractivity contribution in [1.82, 2.24) is 15.5 Å². The van der Waals surface area contributed by atoms with Crippen LogP contribution in [0.15, 0.2) is 0 Å². The third-order valence-corrected chi connectivity index (χ3v) is 4.57. The Bertz CT molecular complexity index is 392. The minimum Gasteiger partial charge on any atom is -0.480 e. The first-order valence-electron chi connectivity index (χ1n) is 7.96. The second-order valence-electron chi connectivity index (χ2n) is 6.64. The largest absolute Gasteiger partial charge is 0.480 e. The molecule has 1 heterocycles. The average molecular weight is 297 g/mol. The van der Waals surface area contributed by atoms with E-state index in [1.807, 2.05) is 6.92 Å². The zero-order chi connectivity index (χ0) is 15.5. The highest BCUT2D eigenvalue weighted by Gasteiger charge is 2.48.